The number of aryl methyl sites for hydroxylation is 1. The first-order valence-corrected chi connectivity index (χ1v) is 9.12. The van der Waals surface area contributed by atoms with Gasteiger partial charge < -0.3 is 14.2 Å². The molecule has 2 aromatic heterocycles. The molecule has 0 aromatic carbocycles. The van der Waals surface area contributed by atoms with Crippen LogP contribution in [0.1, 0.15) is 53.4 Å². The molecule has 0 saturated carbocycles. The summed E-state index contributed by atoms with van der Waals surface area (Å²) in [7, 11) is 0. The molecule has 2 aliphatic heterocycles. The van der Waals surface area contributed by atoms with E-state index in [1.807, 2.05) is 17.9 Å². The average Bonchev–Trinajstić information content (AvgIpc) is 3.33. The van der Waals surface area contributed by atoms with Gasteiger partial charge in [-0.1, -0.05) is 0 Å². The van der Waals surface area contributed by atoms with E-state index >= 15 is 0 Å². The van der Waals surface area contributed by atoms with Crippen LogP contribution in [0.2, 0.25) is 0 Å². The van der Waals surface area contributed by atoms with Crippen LogP contribution in [0.3, 0.4) is 0 Å². The first-order valence-electron chi connectivity index (χ1n) is 9.12. The maximum atomic E-state index is 12.6. The van der Waals surface area contributed by atoms with Gasteiger partial charge in [-0.25, -0.2) is 9.97 Å². The molecule has 1 amide bonds. The van der Waals surface area contributed by atoms with E-state index in [0.717, 1.165) is 56.1 Å². The van der Waals surface area contributed by atoms with Crippen LogP contribution in [0.25, 0.3) is 0 Å². The maximum absolute atomic E-state index is 12.6. The van der Waals surface area contributed by atoms with Crippen molar-refractivity contribution in [1.29, 1.82) is 0 Å². The second kappa shape index (κ2) is 6.86. The summed E-state index contributed by atoms with van der Waals surface area (Å²) in [4.78, 5) is 25.7. The minimum atomic E-state index is 0.00129. The molecular formula is C19H24N4O2. The molecule has 2 aromatic rings. The summed E-state index contributed by atoms with van der Waals surface area (Å²) in [6.07, 6.45) is 7.62. The van der Waals surface area contributed by atoms with E-state index in [1.165, 1.54) is 12.8 Å². The second-order valence-electron chi connectivity index (χ2n) is 6.99. The van der Waals surface area contributed by atoms with Gasteiger partial charge in [0.15, 0.2) is 5.76 Å². The fourth-order valence-electron chi connectivity index (χ4n) is 3.82. The standard InChI is InChI=1S/C19H24N4O2/c1-14-6-11-25-18(14)19(24)23-9-4-15(5-10-23)16-12-17(21-13-20-16)22-7-2-3-8-22/h6,11-13,15H,2-5,7-10H2,1H3. The van der Waals surface area contributed by atoms with Gasteiger partial charge in [0.1, 0.15) is 12.1 Å². The Morgan fingerprint density at radius 1 is 1.16 bits per heavy atom. The molecule has 4 rings (SSSR count). The van der Waals surface area contributed by atoms with Crippen molar-refractivity contribution in [3.8, 4) is 0 Å². The number of likely N-dealkylation sites (tertiary alicyclic amines) is 1. The minimum absolute atomic E-state index is 0.00129. The van der Waals surface area contributed by atoms with Crippen molar-refractivity contribution in [2.24, 2.45) is 0 Å². The molecule has 0 atom stereocenters. The van der Waals surface area contributed by atoms with Gasteiger partial charge in [-0.3, -0.25) is 4.79 Å². The Morgan fingerprint density at radius 3 is 2.60 bits per heavy atom. The maximum Gasteiger partial charge on any atom is 0.289 e. The molecule has 2 aliphatic rings. The summed E-state index contributed by atoms with van der Waals surface area (Å²) in [6, 6.07) is 3.98. The third-order valence-electron chi connectivity index (χ3n) is 5.36. The largest absolute Gasteiger partial charge is 0.459 e. The van der Waals surface area contributed by atoms with E-state index in [-0.39, 0.29) is 5.91 Å². The lowest BCUT2D eigenvalue weighted by molar-refractivity contribution is 0.0679. The van der Waals surface area contributed by atoms with Crippen molar-refractivity contribution in [3.63, 3.8) is 0 Å². The molecule has 2 fully saturated rings. The Labute approximate surface area is 147 Å². The smallest absolute Gasteiger partial charge is 0.289 e. The minimum Gasteiger partial charge on any atom is -0.459 e. The van der Waals surface area contributed by atoms with Crippen LogP contribution < -0.4 is 4.90 Å². The fraction of sp³-hybridized carbons (Fsp3) is 0.526. The van der Waals surface area contributed by atoms with Crippen LogP contribution >= 0.6 is 0 Å². The van der Waals surface area contributed by atoms with Gasteiger partial charge in [0, 0.05) is 49.4 Å². The lowest BCUT2D eigenvalue weighted by atomic mass is 9.93. The first kappa shape index (κ1) is 16.1. The Hall–Kier alpha value is -2.37. The van der Waals surface area contributed by atoms with Gasteiger partial charge in [0.25, 0.3) is 5.91 Å². The number of hydrogen-bond acceptors (Lipinski definition) is 5. The predicted octanol–water partition coefficient (Wildman–Crippen LogP) is 3.00. The number of rotatable bonds is 3. The highest BCUT2D eigenvalue weighted by Crippen LogP contribution is 2.29. The Balaban J connectivity index is 1.41. The lowest BCUT2D eigenvalue weighted by Gasteiger charge is -2.31. The highest BCUT2D eigenvalue weighted by atomic mass is 16.3. The summed E-state index contributed by atoms with van der Waals surface area (Å²) in [5.74, 6) is 1.91. The zero-order chi connectivity index (χ0) is 17.2. The summed E-state index contributed by atoms with van der Waals surface area (Å²) in [5.41, 5.74) is 2.01. The zero-order valence-corrected chi connectivity index (χ0v) is 14.6. The molecule has 132 valence electrons. The molecule has 4 heterocycles. The highest BCUT2D eigenvalue weighted by molar-refractivity contribution is 5.92. The monoisotopic (exact) mass is 340 g/mol. The Bertz CT molecular complexity index is 743. The molecule has 2 saturated heterocycles. The summed E-state index contributed by atoms with van der Waals surface area (Å²) in [6.45, 7) is 5.57. The van der Waals surface area contributed by atoms with Crippen molar-refractivity contribution in [3.05, 3.63) is 41.7 Å². The van der Waals surface area contributed by atoms with Crippen molar-refractivity contribution in [1.82, 2.24) is 14.9 Å². The molecule has 6 nitrogen and oxygen atoms in total. The number of amides is 1. The Morgan fingerprint density at radius 2 is 1.92 bits per heavy atom. The average molecular weight is 340 g/mol. The predicted molar refractivity (Wildman–Crippen MR) is 94.8 cm³/mol. The number of aromatic nitrogens is 2. The summed E-state index contributed by atoms with van der Waals surface area (Å²) < 4.78 is 5.35. The summed E-state index contributed by atoms with van der Waals surface area (Å²) >= 11 is 0. The Kier molecular flexibility index (Phi) is 4.42. The van der Waals surface area contributed by atoms with E-state index in [9.17, 15) is 4.79 Å². The van der Waals surface area contributed by atoms with Gasteiger partial charge >= 0.3 is 0 Å². The van der Waals surface area contributed by atoms with Crippen LogP contribution in [-0.2, 0) is 0 Å². The molecular weight excluding hydrogens is 316 g/mol. The number of carbonyl (C=O) groups is 1. The third kappa shape index (κ3) is 3.25. The van der Waals surface area contributed by atoms with E-state index in [4.69, 9.17) is 4.42 Å². The summed E-state index contributed by atoms with van der Waals surface area (Å²) in [5, 5.41) is 0. The molecule has 0 aliphatic carbocycles. The zero-order valence-electron chi connectivity index (χ0n) is 14.6. The van der Waals surface area contributed by atoms with Crippen LogP contribution in [0, 0.1) is 6.92 Å². The van der Waals surface area contributed by atoms with E-state index in [1.54, 1.807) is 12.6 Å². The number of anilines is 1. The number of furan rings is 1. The molecule has 0 unspecified atom stereocenters. The molecule has 0 radical (unpaired) electrons. The molecule has 0 N–H and O–H groups in total. The van der Waals surface area contributed by atoms with Gasteiger partial charge in [0.05, 0.1) is 6.26 Å². The molecule has 0 bridgehead atoms. The van der Waals surface area contributed by atoms with Crippen LogP contribution in [0.5, 0.6) is 0 Å². The van der Waals surface area contributed by atoms with Gasteiger partial charge in [-0.05, 0) is 38.7 Å². The highest BCUT2D eigenvalue weighted by Gasteiger charge is 2.28. The fourth-order valence-corrected chi connectivity index (χ4v) is 3.82. The normalized spacial score (nSPS) is 18.8. The van der Waals surface area contributed by atoms with Crippen molar-refractivity contribution < 1.29 is 9.21 Å². The van der Waals surface area contributed by atoms with Gasteiger partial charge in [0.2, 0.25) is 0 Å². The SMILES string of the molecule is Cc1ccoc1C(=O)N1CCC(c2cc(N3CCCC3)ncn2)CC1. The quantitative estimate of drug-likeness (QED) is 0.859. The number of carbonyl (C=O) groups excluding carboxylic acids is 1. The van der Waals surface area contributed by atoms with Crippen LogP contribution in [0.15, 0.2) is 29.1 Å². The van der Waals surface area contributed by atoms with E-state index in [0.29, 0.717) is 11.7 Å². The van der Waals surface area contributed by atoms with E-state index < -0.39 is 0 Å². The third-order valence-corrected chi connectivity index (χ3v) is 5.36. The van der Waals surface area contributed by atoms with Crippen molar-refractivity contribution >= 4 is 11.7 Å². The van der Waals surface area contributed by atoms with Gasteiger partial charge in [-0.2, -0.15) is 0 Å². The van der Waals surface area contributed by atoms with Gasteiger partial charge in [-0.15, -0.1) is 0 Å². The van der Waals surface area contributed by atoms with E-state index in [2.05, 4.69) is 20.9 Å². The second-order valence-corrected chi connectivity index (χ2v) is 6.99. The topological polar surface area (TPSA) is 62.5 Å². The van der Waals surface area contributed by atoms with Crippen LogP contribution in [-0.4, -0.2) is 47.0 Å². The molecule has 0 spiro atoms. The molecule has 6 heteroatoms. The van der Waals surface area contributed by atoms with Crippen molar-refractivity contribution in [2.75, 3.05) is 31.1 Å². The van der Waals surface area contributed by atoms with Crippen LogP contribution in [0.4, 0.5) is 5.82 Å². The van der Waals surface area contributed by atoms with Crippen molar-refractivity contribution in [2.45, 2.75) is 38.5 Å². The number of hydrogen-bond donors (Lipinski definition) is 0. The number of piperidine rings is 1. The first-order chi connectivity index (χ1) is 12.2. The lowest BCUT2D eigenvalue weighted by Crippen LogP contribution is -2.38. The molecule has 25 heavy (non-hydrogen) atoms. The number of nitrogens with zero attached hydrogens (tertiary/aromatic N) is 4.